The van der Waals surface area contributed by atoms with Gasteiger partial charge in [0.25, 0.3) is 0 Å². The van der Waals surface area contributed by atoms with Crippen molar-refractivity contribution < 1.29 is 15.3 Å². The smallest absolute Gasteiger partial charge is 0.105 e. The first-order chi connectivity index (χ1) is 12.6. The SMILES string of the molecule is CCCCCCCCCCc1cn([C@@H](CO)[C@H](O)[C@H](O)CCCC)nn1. The highest BCUT2D eigenvalue weighted by Crippen LogP contribution is 2.18. The molecule has 0 saturated heterocycles. The van der Waals surface area contributed by atoms with Crippen molar-refractivity contribution in [1.82, 2.24) is 15.0 Å². The number of aryl methyl sites for hydroxylation is 1. The quantitative estimate of drug-likeness (QED) is 0.388. The second kappa shape index (κ2) is 14.1. The molecule has 6 heteroatoms. The van der Waals surface area contributed by atoms with Gasteiger partial charge in [0.15, 0.2) is 0 Å². The summed E-state index contributed by atoms with van der Waals surface area (Å²) in [5.74, 6) is 0. The number of hydrogen-bond acceptors (Lipinski definition) is 5. The molecule has 1 aromatic rings. The molecule has 0 radical (unpaired) electrons. The van der Waals surface area contributed by atoms with Crippen LogP contribution in [0.25, 0.3) is 0 Å². The zero-order valence-corrected chi connectivity index (χ0v) is 16.7. The molecular weight excluding hydrogens is 330 g/mol. The van der Waals surface area contributed by atoms with Gasteiger partial charge in [-0.2, -0.15) is 0 Å². The van der Waals surface area contributed by atoms with Crippen LogP contribution in [0.4, 0.5) is 0 Å². The van der Waals surface area contributed by atoms with E-state index in [1.54, 1.807) is 6.20 Å². The Hall–Kier alpha value is -0.980. The molecule has 1 aromatic heterocycles. The van der Waals surface area contributed by atoms with E-state index in [1.807, 2.05) is 6.92 Å². The fourth-order valence-corrected chi connectivity index (χ4v) is 3.22. The van der Waals surface area contributed by atoms with Crippen LogP contribution >= 0.6 is 0 Å². The molecule has 0 amide bonds. The van der Waals surface area contributed by atoms with Crippen LogP contribution in [0, 0.1) is 0 Å². The van der Waals surface area contributed by atoms with Gasteiger partial charge in [-0.1, -0.05) is 76.8 Å². The Morgan fingerprint density at radius 3 is 2.15 bits per heavy atom. The van der Waals surface area contributed by atoms with Crippen molar-refractivity contribution in [3.05, 3.63) is 11.9 Å². The number of nitrogens with zero attached hydrogens (tertiary/aromatic N) is 3. The Bertz CT molecular complexity index is 453. The average molecular weight is 370 g/mol. The standard InChI is InChI=1S/C20H39N3O3/c1-3-5-7-8-9-10-11-12-13-17-15-23(22-21-17)18(16-24)20(26)19(25)14-6-4-2/h15,18-20,24-26H,3-14,16H2,1-2H3/t18-,19+,20-/m0/s1. The molecule has 0 unspecified atom stereocenters. The summed E-state index contributed by atoms with van der Waals surface area (Å²) in [5, 5.41) is 38.2. The minimum Gasteiger partial charge on any atom is -0.394 e. The number of aromatic nitrogens is 3. The third-order valence-corrected chi connectivity index (χ3v) is 5.01. The number of unbranched alkanes of at least 4 members (excludes halogenated alkanes) is 8. The van der Waals surface area contributed by atoms with Gasteiger partial charge in [0.05, 0.1) is 18.4 Å². The van der Waals surface area contributed by atoms with Crippen molar-refractivity contribution in [2.24, 2.45) is 0 Å². The van der Waals surface area contributed by atoms with Gasteiger partial charge in [-0.15, -0.1) is 5.10 Å². The van der Waals surface area contributed by atoms with Crippen molar-refractivity contribution in [2.45, 2.75) is 109 Å². The summed E-state index contributed by atoms with van der Waals surface area (Å²) in [6.07, 6.45) is 13.2. The van der Waals surface area contributed by atoms with Crippen molar-refractivity contribution >= 4 is 0 Å². The topological polar surface area (TPSA) is 91.4 Å². The van der Waals surface area contributed by atoms with Crippen LogP contribution in [0.15, 0.2) is 6.20 Å². The first-order valence-electron chi connectivity index (χ1n) is 10.5. The minimum atomic E-state index is -1.04. The van der Waals surface area contributed by atoms with Gasteiger partial charge in [-0.3, -0.25) is 0 Å². The molecule has 3 atom stereocenters. The Balaban J connectivity index is 2.35. The first-order valence-corrected chi connectivity index (χ1v) is 10.5. The first kappa shape index (κ1) is 23.1. The summed E-state index contributed by atoms with van der Waals surface area (Å²) in [7, 11) is 0. The van der Waals surface area contributed by atoms with Gasteiger partial charge < -0.3 is 15.3 Å². The molecular formula is C20H39N3O3. The highest BCUT2D eigenvalue weighted by molar-refractivity contribution is 4.95. The number of hydrogen-bond donors (Lipinski definition) is 3. The molecule has 6 nitrogen and oxygen atoms in total. The summed E-state index contributed by atoms with van der Waals surface area (Å²) in [6.45, 7) is 4.00. The normalized spacial score (nSPS) is 15.1. The van der Waals surface area contributed by atoms with E-state index in [0.717, 1.165) is 31.4 Å². The molecule has 0 spiro atoms. The molecule has 3 N–H and O–H groups in total. The molecule has 0 aliphatic rings. The minimum absolute atomic E-state index is 0.273. The van der Waals surface area contributed by atoms with Gasteiger partial charge in [0.1, 0.15) is 12.1 Å². The van der Waals surface area contributed by atoms with Crippen LogP contribution in [0.3, 0.4) is 0 Å². The molecule has 0 fully saturated rings. The largest absolute Gasteiger partial charge is 0.394 e. The zero-order valence-electron chi connectivity index (χ0n) is 16.7. The van der Waals surface area contributed by atoms with Crippen molar-refractivity contribution in [1.29, 1.82) is 0 Å². The highest BCUT2D eigenvalue weighted by atomic mass is 16.3. The second-order valence-corrected chi connectivity index (χ2v) is 7.36. The zero-order chi connectivity index (χ0) is 19.2. The molecule has 0 saturated carbocycles. The van der Waals surface area contributed by atoms with Crippen molar-refractivity contribution in [3.63, 3.8) is 0 Å². The lowest BCUT2D eigenvalue weighted by Crippen LogP contribution is -2.37. The fraction of sp³-hybridized carbons (Fsp3) is 0.900. The van der Waals surface area contributed by atoms with E-state index in [4.69, 9.17) is 0 Å². The molecule has 0 aliphatic heterocycles. The summed E-state index contributed by atoms with van der Waals surface area (Å²) in [4.78, 5) is 0. The van der Waals surface area contributed by atoms with Gasteiger partial charge in [0.2, 0.25) is 0 Å². The maximum absolute atomic E-state index is 10.3. The van der Waals surface area contributed by atoms with Crippen LogP contribution in [0.5, 0.6) is 0 Å². The van der Waals surface area contributed by atoms with Gasteiger partial charge in [-0.25, -0.2) is 4.68 Å². The van der Waals surface area contributed by atoms with Crippen molar-refractivity contribution in [2.75, 3.05) is 6.61 Å². The lowest BCUT2D eigenvalue weighted by atomic mass is 10.0. The van der Waals surface area contributed by atoms with Crippen LogP contribution in [-0.2, 0) is 6.42 Å². The number of aliphatic hydroxyl groups excluding tert-OH is 3. The molecule has 0 bridgehead atoms. The van der Waals surface area contributed by atoms with Gasteiger partial charge >= 0.3 is 0 Å². The molecule has 1 heterocycles. The number of aliphatic hydroxyl groups is 3. The third-order valence-electron chi connectivity index (χ3n) is 5.01. The lowest BCUT2D eigenvalue weighted by molar-refractivity contribution is -0.0349. The molecule has 26 heavy (non-hydrogen) atoms. The highest BCUT2D eigenvalue weighted by Gasteiger charge is 2.28. The Labute approximate surface area is 158 Å². The van der Waals surface area contributed by atoms with E-state index in [-0.39, 0.29) is 6.61 Å². The summed E-state index contributed by atoms with van der Waals surface area (Å²) in [5.41, 5.74) is 0.879. The fourth-order valence-electron chi connectivity index (χ4n) is 3.22. The summed E-state index contributed by atoms with van der Waals surface area (Å²) >= 11 is 0. The summed E-state index contributed by atoms with van der Waals surface area (Å²) < 4.78 is 1.50. The van der Waals surface area contributed by atoms with E-state index in [1.165, 1.54) is 49.6 Å². The third kappa shape index (κ3) is 8.60. The lowest BCUT2D eigenvalue weighted by Gasteiger charge is -2.25. The second-order valence-electron chi connectivity index (χ2n) is 7.36. The van der Waals surface area contributed by atoms with Crippen LogP contribution in [-0.4, -0.2) is 49.1 Å². The molecule has 0 aromatic carbocycles. The number of rotatable bonds is 16. The predicted molar refractivity (Wildman–Crippen MR) is 104 cm³/mol. The van der Waals surface area contributed by atoms with Crippen molar-refractivity contribution in [3.8, 4) is 0 Å². The predicted octanol–water partition coefficient (Wildman–Crippen LogP) is 3.41. The van der Waals surface area contributed by atoms with Crippen LogP contribution < -0.4 is 0 Å². The van der Waals surface area contributed by atoms with E-state index >= 15 is 0 Å². The summed E-state index contributed by atoms with van der Waals surface area (Å²) in [6, 6.07) is -0.651. The molecule has 0 aliphatic carbocycles. The maximum atomic E-state index is 10.3. The van der Waals surface area contributed by atoms with E-state index in [0.29, 0.717) is 6.42 Å². The van der Waals surface area contributed by atoms with Gasteiger partial charge in [-0.05, 0) is 19.3 Å². The molecule has 1 rings (SSSR count). The maximum Gasteiger partial charge on any atom is 0.105 e. The van der Waals surface area contributed by atoms with E-state index in [9.17, 15) is 15.3 Å². The van der Waals surface area contributed by atoms with Crippen LogP contribution in [0.1, 0.15) is 96.2 Å². The molecule has 152 valence electrons. The average Bonchev–Trinajstić information content (AvgIpc) is 3.11. The Morgan fingerprint density at radius 1 is 0.923 bits per heavy atom. The Morgan fingerprint density at radius 2 is 1.54 bits per heavy atom. The monoisotopic (exact) mass is 369 g/mol. The van der Waals surface area contributed by atoms with E-state index < -0.39 is 18.2 Å². The Kier molecular flexibility index (Phi) is 12.5. The van der Waals surface area contributed by atoms with Crippen LogP contribution in [0.2, 0.25) is 0 Å². The van der Waals surface area contributed by atoms with Gasteiger partial charge in [0, 0.05) is 6.20 Å². The van der Waals surface area contributed by atoms with E-state index in [2.05, 4.69) is 17.2 Å².